The van der Waals surface area contributed by atoms with Crippen molar-refractivity contribution < 1.29 is 4.79 Å². The maximum absolute atomic E-state index is 12.2. The van der Waals surface area contributed by atoms with Gasteiger partial charge in [-0.1, -0.05) is 48.5 Å². The number of hydrogen-bond donors (Lipinski definition) is 1. The van der Waals surface area contributed by atoms with Crippen molar-refractivity contribution in [2.24, 2.45) is 5.10 Å². The fourth-order valence-corrected chi connectivity index (χ4v) is 2.28. The van der Waals surface area contributed by atoms with Gasteiger partial charge in [-0.25, -0.2) is 5.43 Å². The van der Waals surface area contributed by atoms with Crippen LogP contribution < -0.4 is 5.43 Å². The molecule has 0 fully saturated rings. The van der Waals surface area contributed by atoms with Crippen molar-refractivity contribution in [3.63, 3.8) is 0 Å². The lowest BCUT2D eigenvalue weighted by atomic mass is 10.0. The molecule has 3 rings (SSSR count). The summed E-state index contributed by atoms with van der Waals surface area (Å²) in [6.07, 6.45) is 1.69. The molecular weight excluding hydrogens is 298 g/mol. The Bertz CT molecular complexity index is 841. The van der Waals surface area contributed by atoms with Crippen LogP contribution in [0.2, 0.25) is 0 Å². The topological polar surface area (TPSA) is 54.4 Å². The number of hydrazone groups is 1. The highest BCUT2D eigenvalue weighted by molar-refractivity contribution is 5.99. The van der Waals surface area contributed by atoms with Gasteiger partial charge in [0.05, 0.1) is 11.4 Å². The Kier molecular flexibility index (Phi) is 4.77. The SMILES string of the molecule is C/C(=N\NC(=O)c1ccc(-c2ccccc2)cc1)c1ccccn1. The van der Waals surface area contributed by atoms with E-state index in [4.69, 9.17) is 0 Å². The highest BCUT2D eigenvalue weighted by Crippen LogP contribution is 2.19. The lowest BCUT2D eigenvalue weighted by Gasteiger charge is -2.05. The minimum atomic E-state index is -0.245. The number of amides is 1. The van der Waals surface area contributed by atoms with E-state index >= 15 is 0 Å². The lowest BCUT2D eigenvalue weighted by molar-refractivity contribution is 0.0955. The zero-order valence-electron chi connectivity index (χ0n) is 13.3. The monoisotopic (exact) mass is 315 g/mol. The summed E-state index contributed by atoms with van der Waals surface area (Å²) in [6.45, 7) is 1.81. The summed E-state index contributed by atoms with van der Waals surface area (Å²) in [5.41, 5.74) is 6.71. The molecule has 2 aromatic carbocycles. The maximum atomic E-state index is 12.2. The van der Waals surface area contributed by atoms with Crippen LogP contribution in [0.3, 0.4) is 0 Å². The van der Waals surface area contributed by atoms with E-state index in [2.05, 4.69) is 15.5 Å². The molecule has 0 atom stereocenters. The second-order valence-electron chi connectivity index (χ2n) is 5.30. The van der Waals surface area contributed by atoms with Crippen molar-refractivity contribution in [2.75, 3.05) is 0 Å². The van der Waals surface area contributed by atoms with Gasteiger partial charge in [0, 0.05) is 11.8 Å². The van der Waals surface area contributed by atoms with E-state index < -0.39 is 0 Å². The van der Waals surface area contributed by atoms with Gasteiger partial charge in [-0.05, 0) is 42.3 Å². The van der Waals surface area contributed by atoms with Gasteiger partial charge < -0.3 is 0 Å². The van der Waals surface area contributed by atoms with Crippen molar-refractivity contribution in [3.05, 3.63) is 90.3 Å². The molecule has 1 aromatic heterocycles. The average molecular weight is 315 g/mol. The Hall–Kier alpha value is -3.27. The fourth-order valence-electron chi connectivity index (χ4n) is 2.28. The van der Waals surface area contributed by atoms with Gasteiger partial charge in [-0.3, -0.25) is 9.78 Å². The number of aromatic nitrogens is 1. The standard InChI is InChI=1S/C20H17N3O/c1-15(19-9-5-6-14-21-19)22-23-20(24)18-12-10-17(11-13-18)16-7-3-2-4-8-16/h2-14H,1H3,(H,23,24)/b22-15+. The largest absolute Gasteiger partial charge is 0.271 e. The second kappa shape index (κ2) is 7.33. The molecule has 1 amide bonds. The number of nitrogens with zero attached hydrogens (tertiary/aromatic N) is 2. The molecule has 0 aliphatic carbocycles. The smallest absolute Gasteiger partial charge is 0.267 e. The number of rotatable bonds is 4. The quantitative estimate of drug-likeness (QED) is 0.586. The number of carbonyl (C=O) groups is 1. The summed E-state index contributed by atoms with van der Waals surface area (Å²) in [7, 11) is 0. The Morgan fingerprint density at radius 3 is 2.21 bits per heavy atom. The number of nitrogens with one attached hydrogen (secondary N) is 1. The summed E-state index contributed by atoms with van der Waals surface area (Å²) in [5, 5.41) is 4.11. The average Bonchev–Trinajstić information content (AvgIpc) is 2.67. The van der Waals surface area contributed by atoms with Crippen LogP contribution in [0.4, 0.5) is 0 Å². The summed E-state index contributed by atoms with van der Waals surface area (Å²) < 4.78 is 0. The normalized spacial score (nSPS) is 11.1. The van der Waals surface area contributed by atoms with Crippen molar-refractivity contribution in [2.45, 2.75) is 6.92 Å². The number of carbonyl (C=O) groups excluding carboxylic acids is 1. The van der Waals surface area contributed by atoms with Crippen LogP contribution in [0.15, 0.2) is 84.1 Å². The van der Waals surface area contributed by atoms with Crippen LogP contribution in [0, 0.1) is 0 Å². The highest BCUT2D eigenvalue weighted by Gasteiger charge is 2.06. The minimum absolute atomic E-state index is 0.245. The summed E-state index contributed by atoms with van der Waals surface area (Å²) in [5.74, 6) is -0.245. The zero-order chi connectivity index (χ0) is 16.8. The van der Waals surface area contributed by atoms with Gasteiger partial charge in [0.25, 0.3) is 5.91 Å². The Morgan fingerprint density at radius 1 is 0.875 bits per heavy atom. The molecule has 1 N–H and O–H groups in total. The van der Waals surface area contributed by atoms with Crippen molar-refractivity contribution >= 4 is 11.6 Å². The van der Waals surface area contributed by atoms with Crippen LogP contribution >= 0.6 is 0 Å². The molecule has 0 radical (unpaired) electrons. The number of pyridine rings is 1. The van der Waals surface area contributed by atoms with Crippen LogP contribution in [-0.4, -0.2) is 16.6 Å². The summed E-state index contributed by atoms with van der Waals surface area (Å²) >= 11 is 0. The van der Waals surface area contributed by atoms with Gasteiger partial charge in [0.15, 0.2) is 0 Å². The Morgan fingerprint density at radius 2 is 1.54 bits per heavy atom. The summed E-state index contributed by atoms with van der Waals surface area (Å²) in [4.78, 5) is 16.4. The highest BCUT2D eigenvalue weighted by atomic mass is 16.2. The fraction of sp³-hybridized carbons (Fsp3) is 0.0500. The summed E-state index contributed by atoms with van der Waals surface area (Å²) in [6, 6.07) is 23.1. The van der Waals surface area contributed by atoms with E-state index in [0.717, 1.165) is 16.8 Å². The third kappa shape index (κ3) is 3.73. The zero-order valence-corrected chi connectivity index (χ0v) is 13.3. The predicted molar refractivity (Wildman–Crippen MR) is 95.8 cm³/mol. The van der Waals surface area contributed by atoms with E-state index in [9.17, 15) is 4.79 Å². The van der Waals surface area contributed by atoms with Crippen LogP contribution in [-0.2, 0) is 0 Å². The molecule has 0 aliphatic heterocycles. The third-order valence-corrected chi connectivity index (χ3v) is 3.61. The van der Waals surface area contributed by atoms with Gasteiger partial charge in [0.1, 0.15) is 0 Å². The number of benzene rings is 2. The minimum Gasteiger partial charge on any atom is -0.267 e. The van der Waals surface area contributed by atoms with Crippen molar-refractivity contribution in [3.8, 4) is 11.1 Å². The first kappa shape index (κ1) is 15.6. The van der Waals surface area contributed by atoms with E-state index in [0.29, 0.717) is 11.3 Å². The van der Waals surface area contributed by atoms with Crippen LogP contribution in [0.5, 0.6) is 0 Å². The van der Waals surface area contributed by atoms with Gasteiger partial charge in [-0.2, -0.15) is 5.10 Å². The molecule has 3 aromatic rings. The molecule has 0 bridgehead atoms. The first-order chi connectivity index (χ1) is 11.7. The van der Waals surface area contributed by atoms with E-state index in [1.54, 1.807) is 25.3 Å². The molecule has 4 heteroatoms. The van der Waals surface area contributed by atoms with Crippen LogP contribution in [0.25, 0.3) is 11.1 Å². The molecule has 118 valence electrons. The van der Waals surface area contributed by atoms with Gasteiger partial charge >= 0.3 is 0 Å². The molecule has 0 saturated heterocycles. The molecular formula is C20H17N3O. The molecule has 24 heavy (non-hydrogen) atoms. The Labute approximate surface area is 140 Å². The van der Waals surface area contributed by atoms with E-state index in [1.807, 2.05) is 60.7 Å². The lowest BCUT2D eigenvalue weighted by Crippen LogP contribution is -2.19. The first-order valence-electron chi connectivity index (χ1n) is 7.65. The molecule has 0 aliphatic rings. The van der Waals surface area contributed by atoms with E-state index in [-0.39, 0.29) is 5.91 Å². The molecule has 0 saturated carbocycles. The number of hydrogen-bond acceptors (Lipinski definition) is 3. The second-order valence-corrected chi connectivity index (χ2v) is 5.30. The molecule has 4 nitrogen and oxygen atoms in total. The van der Waals surface area contributed by atoms with Crippen LogP contribution in [0.1, 0.15) is 23.0 Å². The maximum Gasteiger partial charge on any atom is 0.271 e. The Balaban J connectivity index is 1.70. The third-order valence-electron chi connectivity index (χ3n) is 3.61. The van der Waals surface area contributed by atoms with E-state index in [1.165, 1.54) is 0 Å². The van der Waals surface area contributed by atoms with Gasteiger partial charge in [0.2, 0.25) is 0 Å². The van der Waals surface area contributed by atoms with Crippen molar-refractivity contribution in [1.82, 2.24) is 10.4 Å². The molecule has 0 spiro atoms. The van der Waals surface area contributed by atoms with Crippen molar-refractivity contribution in [1.29, 1.82) is 0 Å². The van der Waals surface area contributed by atoms with Gasteiger partial charge in [-0.15, -0.1) is 0 Å². The molecule has 1 heterocycles. The first-order valence-corrected chi connectivity index (χ1v) is 7.65. The molecule has 0 unspecified atom stereocenters. The predicted octanol–water partition coefficient (Wildman–Crippen LogP) is 3.90.